The molecule has 1 aromatic carbocycles. The topological polar surface area (TPSA) is 64.6 Å². The van der Waals surface area contributed by atoms with Gasteiger partial charge in [-0.15, -0.1) is 0 Å². The van der Waals surface area contributed by atoms with Crippen LogP contribution in [0.4, 0.5) is 4.39 Å². The first-order valence-corrected chi connectivity index (χ1v) is 7.08. The van der Waals surface area contributed by atoms with E-state index in [4.69, 9.17) is 9.47 Å². The molecular weight excluding hydrogens is 289 g/mol. The van der Waals surface area contributed by atoms with Crippen LogP contribution in [0.1, 0.15) is 32.3 Å². The Morgan fingerprint density at radius 1 is 1.32 bits per heavy atom. The Balaban J connectivity index is 2.62. The van der Waals surface area contributed by atoms with Crippen LogP contribution in [0.3, 0.4) is 0 Å². The lowest BCUT2D eigenvalue weighted by Gasteiger charge is -2.26. The van der Waals surface area contributed by atoms with Gasteiger partial charge in [0.15, 0.2) is 11.6 Å². The van der Waals surface area contributed by atoms with Crippen molar-refractivity contribution in [2.75, 3.05) is 14.2 Å². The average molecular weight is 311 g/mol. The fraction of sp³-hybridized carbons (Fsp3) is 0.500. The van der Waals surface area contributed by atoms with Gasteiger partial charge in [0.25, 0.3) is 0 Å². The molecule has 1 atom stereocenters. The van der Waals surface area contributed by atoms with Gasteiger partial charge in [0.05, 0.1) is 14.2 Å². The van der Waals surface area contributed by atoms with Crippen molar-refractivity contribution in [3.05, 3.63) is 29.6 Å². The number of hydrogen-bond acceptors (Lipinski definition) is 4. The molecule has 0 fully saturated rings. The Morgan fingerprint density at radius 3 is 2.50 bits per heavy atom. The minimum Gasteiger partial charge on any atom is -0.494 e. The lowest BCUT2D eigenvalue weighted by atomic mass is 9.98. The second-order valence-corrected chi connectivity index (χ2v) is 5.19. The quantitative estimate of drug-likeness (QED) is 0.784. The molecule has 1 N–H and O–H groups in total. The van der Waals surface area contributed by atoms with Crippen LogP contribution in [0.15, 0.2) is 18.2 Å². The van der Waals surface area contributed by atoms with Crippen LogP contribution in [0.25, 0.3) is 0 Å². The number of nitrogens with one attached hydrogen (secondary N) is 1. The third-order valence-electron chi connectivity index (χ3n) is 3.62. The molecule has 1 amide bonds. The number of aryl methyl sites for hydroxylation is 1. The van der Waals surface area contributed by atoms with Crippen molar-refractivity contribution in [2.45, 2.75) is 38.6 Å². The summed E-state index contributed by atoms with van der Waals surface area (Å²) in [6.45, 7) is 3.40. The molecule has 0 aliphatic rings. The lowest BCUT2D eigenvalue weighted by Crippen LogP contribution is -2.52. The van der Waals surface area contributed by atoms with E-state index in [1.54, 1.807) is 19.9 Å². The van der Waals surface area contributed by atoms with Crippen LogP contribution in [-0.2, 0) is 20.7 Å². The van der Waals surface area contributed by atoms with Crippen molar-refractivity contribution in [3.63, 3.8) is 0 Å². The molecule has 5 nitrogen and oxygen atoms in total. The summed E-state index contributed by atoms with van der Waals surface area (Å²) in [5, 5.41) is 2.67. The van der Waals surface area contributed by atoms with Gasteiger partial charge >= 0.3 is 5.97 Å². The third kappa shape index (κ3) is 4.44. The monoisotopic (exact) mass is 311 g/mol. The molecule has 0 saturated carbocycles. The van der Waals surface area contributed by atoms with Crippen LogP contribution >= 0.6 is 0 Å². The highest BCUT2D eigenvalue weighted by atomic mass is 19.1. The van der Waals surface area contributed by atoms with Crippen molar-refractivity contribution in [1.29, 1.82) is 0 Å². The first-order chi connectivity index (χ1) is 10.4. The maximum atomic E-state index is 13.6. The van der Waals surface area contributed by atoms with Crippen molar-refractivity contribution in [3.8, 4) is 5.75 Å². The number of carbonyl (C=O) groups is 2. The summed E-state index contributed by atoms with van der Waals surface area (Å²) in [5.74, 6) is -1.07. The molecular formula is C16H22FNO4. The van der Waals surface area contributed by atoms with Gasteiger partial charge in [-0.3, -0.25) is 4.79 Å². The molecule has 0 unspecified atom stereocenters. The highest BCUT2D eigenvalue weighted by Crippen LogP contribution is 2.19. The number of halogens is 1. The van der Waals surface area contributed by atoms with Crippen LogP contribution < -0.4 is 10.1 Å². The van der Waals surface area contributed by atoms with Gasteiger partial charge in [-0.2, -0.15) is 0 Å². The van der Waals surface area contributed by atoms with Gasteiger partial charge in [0.2, 0.25) is 5.91 Å². The number of hydrogen-bond donors (Lipinski definition) is 1. The van der Waals surface area contributed by atoms with Gasteiger partial charge < -0.3 is 14.8 Å². The van der Waals surface area contributed by atoms with Gasteiger partial charge in [0, 0.05) is 6.42 Å². The number of amides is 1. The summed E-state index contributed by atoms with van der Waals surface area (Å²) < 4.78 is 23.1. The summed E-state index contributed by atoms with van der Waals surface area (Å²) in [6, 6.07) is 4.56. The van der Waals surface area contributed by atoms with Gasteiger partial charge in [0.1, 0.15) is 5.54 Å². The summed E-state index contributed by atoms with van der Waals surface area (Å²) >= 11 is 0. The van der Waals surface area contributed by atoms with E-state index in [1.165, 1.54) is 26.4 Å². The lowest BCUT2D eigenvalue weighted by molar-refractivity contribution is -0.150. The van der Waals surface area contributed by atoms with E-state index in [1.807, 2.05) is 0 Å². The van der Waals surface area contributed by atoms with Crippen molar-refractivity contribution >= 4 is 11.9 Å². The fourth-order valence-corrected chi connectivity index (χ4v) is 2.00. The first kappa shape index (κ1) is 17.9. The largest absolute Gasteiger partial charge is 0.494 e. The van der Waals surface area contributed by atoms with E-state index in [0.29, 0.717) is 18.4 Å². The smallest absolute Gasteiger partial charge is 0.331 e. The molecule has 0 radical (unpaired) electrons. The van der Waals surface area contributed by atoms with Crippen molar-refractivity contribution in [1.82, 2.24) is 5.32 Å². The Hall–Kier alpha value is -2.11. The zero-order valence-corrected chi connectivity index (χ0v) is 13.4. The number of esters is 1. The highest BCUT2D eigenvalue weighted by molar-refractivity contribution is 5.87. The molecule has 0 spiro atoms. The molecule has 22 heavy (non-hydrogen) atoms. The number of carbonyl (C=O) groups excluding carboxylic acids is 2. The number of methoxy groups -OCH3 is 2. The summed E-state index contributed by atoms with van der Waals surface area (Å²) in [7, 11) is 2.67. The predicted molar refractivity (Wildman–Crippen MR) is 80.1 cm³/mol. The van der Waals surface area contributed by atoms with Crippen LogP contribution in [0, 0.1) is 5.82 Å². The van der Waals surface area contributed by atoms with E-state index in [-0.39, 0.29) is 18.1 Å². The van der Waals surface area contributed by atoms with E-state index < -0.39 is 17.3 Å². The fourth-order valence-electron chi connectivity index (χ4n) is 2.00. The molecule has 6 heteroatoms. The molecule has 0 saturated heterocycles. The average Bonchev–Trinajstić information content (AvgIpc) is 2.52. The molecule has 0 aliphatic heterocycles. The second-order valence-electron chi connectivity index (χ2n) is 5.19. The van der Waals surface area contributed by atoms with Crippen molar-refractivity contribution in [2.24, 2.45) is 0 Å². The third-order valence-corrected chi connectivity index (χ3v) is 3.62. The Kier molecular flexibility index (Phi) is 6.34. The number of ether oxygens (including phenoxy) is 2. The number of benzene rings is 1. The Morgan fingerprint density at radius 2 is 2.00 bits per heavy atom. The molecule has 0 aliphatic carbocycles. The Bertz CT molecular complexity index is 547. The molecule has 1 aromatic rings. The van der Waals surface area contributed by atoms with Crippen LogP contribution in [-0.4, -0.2) is 31.6 Å². The molecule has 0 aromatic heterocycles. The highest BCUT2D eigenvalue weighted by Gasteiger charge is 2.33. The molecule has 122 valence electrons. The SMILES string of the molecule is CC[C@](C)(NC(=O)CCc1ccc(OC)c(F)c1)C(=O)OC. The van der Waals surface area contributed by atoms with E-state index in [0.717, 1.165) is 0 Å². The van der Waals surface area contributed by atoms with E-state index >= 15 is 0 Å². The number of rotatable bonds is 7. The maximum absolute atomic E-state index is 13.6. The first-order valence-electron chi connectivity index (χ1n) is 7.08. The van der Waals surface area contributed by atoms with Gasteiger partial charge in [-0.1, -0.05) is 13.0 Å². The van der Waals surface area contributed by atoms with E-state index in [9.17, 15) is 14.0 Å². The summed E-state index contributed by atoms with van der Waals surface area (Å²) in [6.07, 6.45) is 0.939. The van der Waals surface area contributed by atoms with Crippen LogP contribution in [0.2, 0.25) is 0 Å². The molecule has 1 rings (SSSR count). The normalized spacial score (nSPS) is 13.1. The van der Waals surface area contributed by atoms with Crippen molar-refractivity contribution < 1.29 is 23.5 Å². The summed E-state index contributed by atoms with van der Waals surface area (Å²) in [5.41, 5.74) is -0.360. The minimum absolute atomic E-state index is 0.151. The zero-order valence-electron chi connectivity index (χ0n) is 13.4. The van der Waals surface area contributed by atoms with E-state index in [2.05, 4.69) is 5.32 Å². The maximum Gasteiger partial charge on any atom is 0.331 e. The second kappa shape index (κ2) is 7.77. The van der Waals surface area contributed by atoms with Crippen LogP contribution in [0.5, 0.6) is 5.75 Å². The van der Waals surface area contributed by atoms with Gasteiger partial charge in [-0.25, -0.2) is 9.18 Å². The minimum atomic E-state index is -1.04. The molecule has 0 heterocycles. The molecule has 0 bridgehead atoms. The Labute approximate surface area is 129 Å². The standard InChI is InChI=1S/C16H22FNO4/c1-5-16(2,15(20)22-4)18-14(19)9-7-11-6-8-13(21-3)12(17)10-11/h6,8,10H,5,7,9H2,1-4H3,(H,18,19)/t16-/m0/s1. The predicted octanol–water partition coefficient (Wildman–Crippen LogP) is 2.22. The zero-order chi connectivity index (χ0) is 16.8. The summed E-state index contributed by atoms with van der Waals surface area (Å²) in [4.78, 5) is 23.7. The van der Waals surface area contributed by atoms with Gasteiger partial charge in [-0.05, 0) is 37.5 Å².